The van der Waals surface area contributed by atoms with Gasteiger partial charge in [-0.2, -0.15) is 5.26 Å². The zero-order valence-electron chi connectivity index (χ0n) is 23.9. The lowest BCUT2D eigenvalue weighted by atomic mass is 9.93. The van der Waals surface area contributed by atoms with Gasteiger partial charge in [0.1, 0.15) is 24.2 Å². The van der Waals surface area contributed by atoms with E-state index in [2.05, 4.69) is 10.6 Å². The summed E-state index contributed by atoms with van der Waals surface area (Å²) in [5, 5.41) is 15.4. The van der Waals surface area contributed by atoms with Crippen molar-refractivity contribution in [1.29, 1.82) is 5.26 Å². The number of aryl methyl sites for hydroxylation is 3. The molecule has 8 heteroatoms. The molecular formula is C30H40N4O4. The molecule has 0 radical (unpaired) electrons. The van der Waals surface area contributed by atoms with E-state index in [0.29, 0.717) is 11.3 Å². The van der Waals surface area contributed by atoms with E-state index >= 15 is 0 Å². The van der Waals surface area contributed by atoms with Crippen molar-refractivity contribution in [3.63, 3.8) is 0 Å². The summed E-state index contributed by atoms with van der Waals surface area (Å²) in [5.41, 5.74) is 4.05. The van der Waals surface area contributed by atoms with Gasteiger partial charge >= 0.3 is 6.09 Å². The molecule has 0 saturated heterocycles. The number of amides is 3. The number of nitrogens with one attached hydrogen (secondary N) is 2. The Morgan fingerprint density at radius 2 is 1.53 bits per heavy atom. The van der Waals surface area contributed by atoms with Crippen LogP contribution in [0, 0.1) is 44.9 Å². The monoisotopic (exact) mass is 520 g/mol. The summed E-state index contributed by atoms with van der Waals surface area (Å²) in [5.74, 6) is -1.33. The van der Waals surface area contributed by atoms with E-state index in [1.54, 1.807) is 40.7 Å². The van der Waals surface area contributed by atoms with Crippen LogP contribution in [0.1, 0.15) is 68.5 Å². The first-order valence-corrected chi connectivity index (χ1v) is 12.8. The third-order valence-corrected chi connectivity index (χ3v) is 6.36. The number of benzene rings is 2. The molecule has 2 unspecified atom stereocenters. The molecule has 0 aliphatic heterocycles. The van der Waals surface area contributed by atoms with Crippen molar-refractivity contribution in [2.24, 2.45) is 5.92 Å². The Labute approximate surface area is 226 Å². The Morgan fingerprint density at radius 3 is 2.05 bits per heavy atom. The van der Waals surface area contributed by atoms with Gasteiger partial charge in [0.15, 0.2) is 0 Å². The maximum Gasteiger partial charge on any atom is 0.408 e. The third-order valence-electron chi connectivity index (χ3n) is 6.36. The van der Waals surface area contributed by atoms with Crippen LogP contribution in [0.25, 0.3) is 0 Å². The Bertz CT molecular complexity index is 1200. The lowest BCUT2D eigenvalue weighted by molar-refractivity contribution is -0.141. The van der Waals surface area contributed by atoms with E-state index in [1.165, 1.54) is 4.90 Å². The molecule has 2 aromatic rings. The fraction of sp³-hybridized carbons (Fsp3) is 0.467. The summed E-state index contributed by atoms with van der Waals surface area (Å²) in [6, 6.07) is 11.2. The van der Waals surface area contributed by atoms with Gasteiger partial charge < -0.3 is 20.3 Å². The average molecular weight is 521 g/mol. The zero-order chi connectivity index (χ0) is 28.8. The molecular weight excluding hydrogens is 480 g/mol. The van der Waals surface area contributed by atoms with Gasteiger partial charge in [-0.25, -0.2) is 4.79 Å². The SMILES string of the molecule is Cc1cccc(C(C(=O)Nc2c(C)cccc2C)N(CC#N)C(=O)C(NC(=O)OC(C)(C)C)C(C)C)c1C. The minimum atomic E-state index is -1.11. The highest BCUT2D eigenvalue weighted by molar-refractivity contribution is 6.00. The summed E-state index contributed by atoms with van der Waals surface area (Å²) in [6.07, 6.45) is -0.746. The molecule has 38 heavy (non-hydrogen) atoms. The molecule has 2 rings (SSSR count). The number of hydrogen-bond acceptors (Lipinski definition) is 5. The summed E-state index contributed by atoms with van der Waals surface area (Å²) in [7, 11) is 0. The molecule has 8 nitrogen and oxygen atoms in total. The second-order valence-corrected chi connectivity index (χ2v) is 10.9. The number of ether oxygens (including phenoxy) is 1. The van der Waals surface area contributed by atoms with E-state index in [0.717, 1.165) is 22.3 Å². The fourth-order valence-electron chi connectivity index (χ4n) is 4.22. The van der Waals surface area contributed by atoms with Crippen molar-refractivity contribution in [3.05, 3.63) is 64.2 Å². The van der Waals surface area contributed by atoms with E-state index in [1.807, 2.05) is 64.1 Å². The molecule has 0 aromatic heterocycles. The molecule has 0 heterocycles. The van der Waals surface area contributed by atoms with Gasteiger partial charge in [0.05, 0.1) is 6.07 Å². The third kappa shape index (κ3) is 7.58. The van der Waals surface area contributed by atoms with Crippen LogP contribution in [0.15, 0.2) is 36.4 Å². The van der Waals surface area contributed by atoms with Crippen molar-refractivity contribution in [3.8, 4) is 6.07 Å². The normalized spacial score (nSPS) is 12.8. The van der Waals surface area contributed by atoms with E-state index in [4.69, 9.17) is 4.74 Å². The molecule has 2 aromatic carbocycles. The van der Waals surface area contributed by atoms with Gasteiger partial charge in [0.25, 0.3) is 5.91 Å². The number of nitrogens with zero attached hydrogens (tertiary/aromatic N) is 2. The smallest absolute Gasteiger partial charge is 0.408 e. The van der Waals surface area contributed by atoms with Gasteiger partial charge in [0.2, 0.25) is 5.91 Å². The number of anilines is 1. The number of nitriles is 1. The van der Waals surface area contributed by atoms with Crippen LogP contribution < -0.4 is 10.6 Å². The second-order valence-electron chi connectivity index (χ2n) is 10.9. The molecule has 0 spiro atoms. The van der Waals surface area contributed by atoms with E-state index in [9.17, 15) is 19.6 Å². The van der Waals surface area contributed by atoms with Gasteiger partial charge in [-0.15, -0.1) is 0 Å². The topological polar surface area (TPSA) is 112 Å². The summed E-state index contributed by atoms with van der Waals surface area (Å²) in [6.45, 7) is 16.0. The van der Waals surface area contributed by atoms with Crippen molar-refractivity contribution in [2.75, 3.05) is 11.9 Å². The lowest BCUT2D eigenvalue weighted by Crippen LogP contribution is -2.54. The van der Waals surface area contributed by atoms with Gasteiger partial charge in [-0.3, -0.25) is 9.59 Å². The number of para-hydroxylation sites is 1. The van der Waals surface area contributed by atoms with E-state index in [-0.39, 0.29) is 12.5 Å². The zero-order valence-corrected chi connectivity index (χ0v) is 23.9. The standard InChI is InChI=1S/C30H40N4O4/c1-18(2)24(33-29(37)38-30(7,8)9)28(36)34(17-16-31)26(23-15-11-12-19(3)22(23)6)27(35)32-25-20(4)13-10-14-21(25)5/h10-15,18,24,26H,17H2,1-9H3,(H,32,35)(H,33,37). The first kappa shape index (κ1) is 30.4. The highest BCUT2D eigenvalue weighted by atomic mass is 16.6. The molecule has 0 aliphatic carbocycles. The van der Waals surface area contributed by atoms with Crippen LogP contribution in [0.2, 0.25) is 0 Å². The molecule has 2 atom stereocenters. The number of alkyl carbamates (subject to hydrolysis) is 1. The van der Waals surface area contributed by atoms with Gasteiger partial charge in [-0.05, 0) is 82.2 Å². The average Bonchev–Trinajstić information content (AvgIpc) is 2.80. The fourth-order valence-corrected chi connectivity index (χ4v) is 4.22. The van der Waals surface area contributed by atoms with Crippen LogP contribution >= 0.6 is 0 Å². The van der Waals surface area contributed by atoms with Gasteiger partial charge in [0, 0.05) is 5.69 Å². The van der Waals surface area contributed by atoms with Crippen LogP contribution in [0.4, 0.5) is 10.5 Å². The minimum Gasteiger partial charge on any atom is -0.444 e. The van der Waals surface area contributed by atoms with Crippen molar-refractivity contribution in [1.82, 2.24) is 10.2 Å². The number of hydrogen-bond donors (Lipinski definition) is 2. The Hall–Kier alpha value is -3.86. The first-order chi connectivity index (χ1) is 17.7. The highest BCUT2D eigenvalue weighted by Crippen LogP contribution is 2.30. The largest absolute Gasteiger partial charge is 0.444 e. The molecule has 0 saturated carbocycles. The minimum absolute atomic E-state index is 0.336. The molecule has 0 fully saturated rings. The molecule has 2 N–H and O–H groups in total. The van der Waals surface area contributed by atoms with Crippen LogP contribution in [-0.4, -0.2) is 41.0 Å². The molecule has 3 amide bonds. The van der Waals surface area contributed by atoms with Crippen LogP contribution in [0.5, 0.6) is 0 Å². The van der Waals surface area contributed by atoms with Gasteiger partial charge in [-0.1, -0.05) is 50.2 Å². The summed E-state index contributed by atoms with van der Waals surface area (Å²) in [4.78, 5) is 41.8. The van der Waals surface area contributed by atoms with E-state index < -0.39 is 35.6 Å². The Kier molecular flexibility index (Phi) is 10.1. The quantitative estimate of drug-likeness (QED) is 0.446. The van der Waals surface area contributed by atoms with Crippen LogP contribution in [-0.2, 0) is 14.3 Å². The second kappa shape index (κ2) is 12.6. The Morgan fingerprint density at radius 1 is 0.974 bits per heavy atom. The Balaban J connectivity index is 2.61. The molecule has 0 aliphatic rings. The van der Waals surface area contributed by atoms with Crippen molar-refractivity contribution >= 4 is 23.6 Å². The maximum absolute atomic E-state index is 14.0. The molecule has 0 bridgehead atoms. The summed E-state index contributed by atoms with van der Waals surface area (Å²) >= 11 is 0. The lowest BCUT2D eigenvalue weighted by Gasteiger charge is -2.35. The highest BCUT2D eigenvalue weighted by Gasteiger charge is 2.38. The van der Waals surface area contributed by atoms with Crippen molar-refractivity contribution < 1.29 is 19.1 Å². The van der Waals surface area contributed by atoms with Crippen LogP contribution in [0.3, 0.4) is 0 Å². The summed E-state index contributed by atoms with van der Waals surface area (Å²) < 4.78 is 5.38. The maximum atomic E-state index is 14.0. The number of carbonyl (C=O) groups excluding carboxylic acids is 3. The first-order valence-electron chi connectivity index (χ1n) is 12.8. The number of rotatable bonds is 8. The van der Waals surface area contributed by atoms with Crippen molar-refractivity contribution in [2.45, 2.75) is 80.0 Å². The predicted octanol–water partition coefficient (Wildman–Crippen LogP) is 5.50. The predicted molar refractivity (Wildman–Crippen MR) is 149 cm³/mol. The number of carbonyl (C=O) groups is 3. The molecule has 204 valence electrons.